The molecular formula is C25H34N6O. The molecule has 3 heterocycles. The van der Waals surface area contributed by atoms with Crippen molar-refractivity contribution in [2.24, 2.45) is 11.3 Å². The van der Waals surface area contributed by atoms with Gasteiger partial charge in [0.25, 0.3) is 0 Å². The maximum absolute atomic E-state index is 12.7. The number of anilines is 1. The molecule has 0 N–H and O–H groups in total. The predicted octanol–water partition coefficient (Wildman–Crippen LogP) is 4.10. The molecule has 1 amide bonds. The summed E-state index contributed by atoms with van der Waals surface area (Å²) in [5.74, 6) is 2.46. The highest BCUT2D eigenvalue weighted by atomic mass is 16.2. The fourth-order valence-electron chi connectivity index (χ4n) is 4.13. The summed E-state index contributed by atoms with van der Waals surface area (Å²) >= 11 is 0. The Bertz CT molecular complexity index is 1080. The predicted molar refractivity (Wildman–Crippen MR) is 128 cm³/mol. The van der Waals surface area contributed by atoms with E-state index in [4.69, 9.17) is 9.97 Å². The lowest BCUT2D eigenvalue weighted by molar-refractivity contribution is -0.133. The fourth-order valence-corrected chi connectivity index (χ4v) is 4.13. The summed E-state index contributed by atoms with van der Waals surface area (Å²) < 4.78 is 1.90. The molecule has 3 aromatic rings. The van der Waals surface area contributed by atoms with Crippen molar-refractivity contribution in [3.8, 4) is 5.69 Å². The number of aromatic nitrogens is 4. The molecule has 7 heteroatoms. The molecule has 1 saturated heterocycles. The van der Waals surface area contributed by atoms with E-state index in [1.165, 1.54) is 0 Å². The smallest absolute Gasteiger partial charge is 0.223 e. The van der Waals surface area contributed by atoms with Crippen LogP contribution in [-0.4, -0.2) is 56.7 Å². The molecule has 0 saturated carbocycles. The molecule has 4 rings (SSSR count). The van der Waals surface area contributed by atoms with Gasteiger partial charge in [-0.15, -0.1) is 0 Å². The van der Waals surface area contributed by atoms with Gasteiger partial charge in [0.1, 0.15) is 11.6 Å². The molecule has 0 radical (unpaired) electrons. The van der Waals surface area contributed by atoms with Gasteiger partial charge in [-0.25, -0.2) is 14.6 Å². The average Bonchev–Trinajstić information content (AvgIpc) is 3.16. The number of piperazine rings is 1. The maximum atomic E-state index is 12.7. The van der Waals surface area contributed by atoms with Crippen LogP contribution in [0.15, 0.2) is 36.5 Å². The van der Waals surface area contributed by atoms with Gasteiger partial charge in [-0.05, 0) is 23.5 Å². The molecule has 0 bridgehead atoms. The van der Waals surface area contributed by atoms with Crippen LogP contribution >= 0.6 is 0 Å². The number of carbonyl (C=O) groups excluding carboxylic acids is 1. The number of hydrogen-bond donors (Lipinski definition) is 0. The van der Waals surface area contributed by atoms with E-state index < -0.39 is 0 Å². The quantitative estimate of drug-likeness (QED) is 0.605. The minimum atomic E-state index is 0.00477. The maximum Gasteiger partial charge on any atom is 0.223 e. The number of para-hydroxylation sites is 1. The second-order valence-electron chi connectivity index (χ2n) is 10.3. The van der Waals surface area contributed by atoms with Crippen LogP contribution in [0.4, 0.5) is 5.82 Å². The highest BCUT2D eigenvalue weighted by molar-refractivity contribution is 5.88. The molecule has 7 nitrogen and oxygen atoms in total. The summed E-state index contributed by atoms with van der Waals surface area (Å²) in [7, 11) is 0. The van der Waals surface area contributed by atoms with E-state index >= 15 is 0 Å². The number of fused-ring (bicyclic) bond motifs is 1. The Hall–Kier alpha value is -2.96. The number of nitrogens with zero attached hydrogens (tertiary/aromatic N) is 6. The molecule has 0 atom stereocenters. The van der Waals surface area contributed by atoms with Gasteiger partial charge in [0.15, 0.2) is 5.65 Å². The van der Waals surface area contributed by atoms with Crippen LogP contribution in [0, 0.1) is 11.3 Å². The van der Waals surface area contributed by atoms with Crippen LogP contribution in [-0.2, 0) is 11.2 Å². The normalized spacial score (nSPS) is 15.1. The third-order valence-corrected chi connectivity index (χ3v) is 5.66. The standard InChI is InChI=1S/C25H34N6O/c1-18(2)15-21-27-23(30-13-11-29(12-14-30)22(32)16-25(3,4)5)20-17-26-31(24(20)28-21)19-9-7-6-8-10-19/h6-10,17-18H,11-16H2,1-5H3. The number of rotatable bonds is 5. The molecule has 0 spiro atoms. The summed E-state index contributed by atoms with van der Waals surface area (Å²) in [6, 6.07) is 10.1. The lowest BCUT2D eigenvalue weighted by Gasteiger charge is -2.36. The largest absolute Gasteiger partial charge is 0.352 e. The second kappa shape index (κ2) is 8.88. The van der Waals surface area contributed by atoms with Crippen LogP contribution in [0.25, 0.3) is 16.7 Å². The SMILES string of the molecule is CC(C)Cc1nc(N2CCN(C(=O)CC(C)(C)C)CC2)c2cnn(-c3ccccc3)c2n1. The third kappa shape index (κ3) is 4.92. The highest BCUT2D eigenvalue weighted by Gasteiger charge is 2.27. The molecule has 0 aliphatic carbocycles. The van der Waals surface area contributed by atoms with Gasteiger partial charge in [0.2, 0.25) is 5.91 Å². The molecule has 2 aromatic heterocycles. The van der Waals surface area contributed by atoms with Gasteiger partial charge < -0.3 is 9.80 Å². The minimum Gasteiger partial charge on any atom is -0.352 e. The van der Waals surface area contributed by atoms with Gasteiger partial charge in [-0.1, -0.05) is 52.8 Å². The van der Waals surface area contributed by atoms with Gasteiger partial charge in [-0.3, -0.25) is 4.79 Å². The van der Waals surface area contributed by atoms with Crippen LogP contribution in [0.3, 0.4) is 0 Å². The van der Waals surface area contributed by atoms with E-state index in [-0.39, 0.29) is 11.3 Å². The minimum absolute atomic E-state index is 0.00477. The molecule has 1 aromatic carbocycles. The molecule has 1 fully saturated rings. The van der Waals surface area contributed by atoms with E-state index in [2.05, 4.69) is 44.6 Å². The first-order valence-electron chi connectivity index (χ1n) is 11.5. The molecule has 1 aliphatic heterocycles. The summed E-state index contributed by atoms with van der Waals surface area (Å²) in [6.45, 7) is 13.7. The van der Waals surface area contributed by atoms with Crippen LogP contribution in [0.2, 0.25) is 0 Å². The first-order chi connectivity index (χ1) is 15.2. The van der Waals surface area contributed by atoms with Crippen LogP contribution in [0.5, 0.6) is 0 Å². The Morgan fingerprint density at radius 1 is 1.03 bits per heavy atom. The summed E-state index contributed by atoms with van der Waals surface area (Å²) in [5, 5.41) is 5.60. The van der Waals surface area contributed by atoms with Crippen LogP contribution < -0.4 is 4.90 Å². The molecular weight excluding hydrogens is 400 g/mol. The topological polar surface area (TPSA) is 67.2 Å². The highest BCUT2D eigenvalue weighted by Crippen LogP contribution is 2.28. The van der Waals surface area contributed by atoms with Gasteiger partial charge >= 0.3 is 0 Å². The Morgan fingerprint density at radius 2 is 1.72 bits per heavy atom. The van der Waals surface area contributed by atoms with E-state index in [0.29, 0.717) is 25.4 Å². The van der Waals surface area contributed by atoms with E-state index in [1.54, 1.807) is 0 Å². The second-order valence-corrected chi connectivity index (χ2v) is 10.3. The van der Waals surface area contributed by atoms with Crippen molar-refractivity contribution >= 4 is 22.8 Å². The van der Waals surface area contributed by atoms with Crippen molar-refractivity contribution in [1.29, 1.82) is 0 Å². The van der Waals surface area contributed by atoms with E-state index in [1.807, 2.05) is 46.1 Å². The zero-order chi connectivity index (χ0) is 22.9. The summed E-state index contributed by atoms with van der Waals surface area (Å²) in [4.78, 5) is 26.8. The fraction of sp³-hybridized carbons (Fsp3) is 0.520. The van der Waals surface area contributed by atoms with Gasteiger partial charge in [-0.2, -0.15) is 5.10 Å². The van der Waals surface area contributed by atoms with Crippen molar-refractivity contribution in [1.82, 2.24) is 24.6 Å². The molecule has 32 heavy (non-hydrogen) atoms. The van der Waals surface area contributed by atoms with Gasteiger partial charge in [0, 0.05) is 39.0 Å². The Morgan fingerprint density at radius 3 is 2.34 bits per heavy atom. The van der Waals surface area contributed by atoms with Gasteiger partial charge in [0.05, 0.1) is 17.3 Å². The zero-order valence-electron chi connectivity index (χ0n) is 19.9. The van der Waals surface area contributed by atoms with Crippen LogP contribution in [0.1, 0.15) is 46.9 Å². The zero-order valence-corrected chi connectivity index (χ0v) is 19.9. The Kier molecular flexibility index (Phi) is 6.17. The molecule has 170 valence electrons. The van der Waals surface area contributed by atoms with Crippen molar-refractivity contribution in [2.75, 3.05) is 31.1 Å². The average molecular weight is 435 g/mol. The third-order valence-electron chi connectivity index (χ3n) is 5.66. The van der Waals surface area contributed by atoms with Crippen molar-refractivity contribution < 1.29 is 4.79 Å². The lowest BCUT2D eigenvalue weighted by Crippen LogP contribution is -2.49. The lowest BCUT2D eigenvalue weighted by atomic mass is 9.91. The Labute approximate surface area is 190 Å². The summed E-state index contributed by atoms with van der Waals surface area (Å²) in [5.41, 5.74) is 1.83. The number of amides is 1. The number of benzene rings is 1. The first kappa shape index (κ1) is 22.2. The first-order valence-corrected chi connectivity index (χ1v) is 11.5. The van der Waals surface area contributed by atoms with Crippen molar-refractivity contribution in [3.05, 3.63) is 42.4 Å². The number of carbonyl (C=O) groups is 1. The van der Waals surface area contributed by atoms with E-state index in [0.717, 1.165) is 47.9 Å². The molecule has 0 unspecified atom stereocenters. The van der Waals surface area contributed by atoms with E-state index in [9.17, 15) is 4.79 Å². The summed E-state index contributed by atoms with van der Waals surface area (Å²) in [6.07, 6.45) is 3.26. The van der Waals surface area contributed by atoms with Crippen molar-refractivity contribution in [2.45, 2.75) is 47.5 Å². The van der Waals surface area contributed by atoms with Crippen molar-refractivity contribution in [3.63, 3.8) is 0 Å². The monoisotopic (exact) mass is 434 g/mol. The number of hydrogen-bond acceptors (Lipinski definition) is 5. The molecule has 1 aliphatic rings. The Balaban J connectivity index is 1.64.